The standard InChI is InChI=1S/C9H13ClN2.ClH/c1-6-3-2-4-7(10)9(6)8(12)5-11;/h2-4,8H,5,11-12H2,1H3;1H/t8-;/m0./s1. The average molecular weight is 221 g/mol. The van der Waals surface area contributed by atoms with Crippen molar-refractivity contribution in [3.63, 3.8) is 0 Å². The van der Waals surface area contributed by atoms with E-state index in [1.54, 1.807) is 0 Å². The fourth-order valence-corrected chi connectivity index (χ4v) is 1.59. The first-order chi connectivity index (χ1) is 5.66. The second-order valence-corrected chi connectivity index (χ2v) is 3.22. The van der Waals surface area contributed by atoms with Gasteiger partial charge in [0, 0.05) is 17.6 Å². The predicted molar refractivity (Wildman–Crippen MR) is 59.4 cm³/mol. The Morgan fingerprint density at radius 2 is 2.08 bits per heavy atom. The number of hydrogen-bond donors (Lipinski definition) is 2. The minimum atomic E-state index is -0.154. The van der Waals surface area contributed by atoms with Crippen LogP contribution < -0.4 is 11.5 Å². The van der Waals surface area contributed by atoms with Gasteiger partial charge in [-0.15, -0.1) is 12.4 Å². The van der Waals surface area contributed by atoms with Gasteiger partial charge < -0.3 is 11.5 Å². The minimum Gasteiger partial charge on any atom is -0.329 e. The van der Waals surface area contributed by atoms with E-state index in [1.807, 2.05) is 25.1 Å². The molecule has 0 aliphatic rings. The Hall–Kier alpha value is -0.280. The largest absolute Gasteiger partial charge is 0.329 e. The molecule has 1 atom stereocenters. The van der Waals surface area contributed by atoms with Crippen molar-refractivity contribution in [2.24, 2.45) is 11.5 Å². The van der Waals surface area contributed by atoms with Crippen molar-refractivity contribution in [1.82, 2.24) is 0 Å². The molecule has 0 saturated carbocycles. The molecule has 0 bridgehead atoms. The number of nitrogens with two attached hydrogens (primary N) is 2. The number of halogens is 2. The van der Waals surface area contributed by atoms with Gasteiger partial charge >= 0.3 is 0 Å². The van der Waals surface area contributed by atoms with Crippen LogP contribution in [-0.4, -0.2) is 6.54 Å². The molecule has 13 heavy (non-hydrogen) atoms. The summed E-state index contributed by atoms with van der Waals surface area (Å²) in [5, 5.41) is 0.702. The SMILES string of the molecule is Cc1cccc(Cl)c1[C@@H](N)CN.Cl. The zero-order chi connectivity index (χ0) is 9.14. The van der Waals surface area contributed by atoms with Crippen molar-refractivity contribution >= 4 is 24.0 Å². The fraction of sp³-hybridized carbons (Fsp3) is 0.333. The summed E-state index contributed by atoms with van der Waals surface area (Å²) in [6.45, 7) is 2.40. The van der Waals surface area contributed by atoms with E-state index in [9.17, 15) is 0 Å². The van der Waals surface area contributed by atoms with Gasteiger partial charge in [-0.3, -0.25) is 0 Å². The second kappa shape index (κ2) is 5.45. The van der Waals surface area contributed by atoms with Gasteiger partial charge in [0.1, 0.15) is 0 Å². The molecule has 0 unspecified atom stereocenters. The van der Waals surface area contributed by atoms with E-state index in [2.05, 4.69) is 0 Å². The summed E-state index contributed by atoms with van der Waals surface area (Å²) in [6.07, 6.45) is 0. The predicted octanol–water partition coefficient (Wildman–Crippen LogP) is 2.03. The van der Waals surface area contributed by atoms with Crippen LogP contribution in [-0.2, 0) is 0 Å². The zero-order valence-electron chi connectivity index (χ0n) is 7.46. The molecular weight excluding hydrogens is 207 g/mol. The summed E-state index contributed by atoms with van der Waals surface area (Å²) in [6, 6.07) is 5.57. The third-order valence-corrected chi connectivity index (χ3v) is 2.23. The Kier molecular flexibility index (Phi) is 5.33. The summed E-state index contributed by atoms with van der Waals surface area (Å²) in [5.74, 6) is 0. The average Bonchev–Trinajstić information content (AvgIpc) is 2.03. The molecule has 0 saturated heterocycles. The molecule has 0 radical (unpaired) electrons. The Bertz CT molecular complexity index is 256. The van der Waals surface area contributed by atoms with Crippen LogP contribution in [0, 0.1) is 6.92 Å². The first kappa shape index (κ1) is 12.7. The van der Waals surface area contributed by atoms with Gasteiger partial charge in [-0.05, 0) is 24.1 Å². The molecule has 2 nitrogen and oxygen atoms in total. The Labute approximate surface area is 89.7 Å². The van der Waals surface area contributed by atoms with E-state index in [1.165, 1.54) is 0 Å². The molecule has 74 valence electrons. The van der Waals surface area contributed by atoms with Gasteiger partial charge in [0.05, 0.1) is 0 Å². The minimum absolute atomic E-state index is 0. The number of benzene rings is 1. The van der Waals surface area contributed by atoms with Gasteiger partial charge in [-0.2, -0.15) is 0 Å². The molecule has 1 aromatic rings. The van der Waals surface area contributed by atoms with Crippen LogP contribution in [0.25, 0.3) is 0 Å². The van der Waals surface area contributed by atoms with Gasteiger partial charge in [-0.1, -0.05) is 23.7 Å². The normalized spacial score (nSPS) is 12.0. The van der Waals surface area contributed by atoms with Crippen molar-refractivity contribution in [3.05, 3.63) is 34.3 Å². The van der Waals surface area contributed by atoms with E-state index in [4.69, 9.17) is 23.1 Å². The van der Waals surface area contributed by atoms with E-state index in [-0.39, 0.29) is 18.4 Å². The lowest BCUT2D eigenvalue weighted by atomic mass is 10.0. The van der Waals surface area contributed by atoms with E-state index in [0.29, 0.717) is 11.6 Å². The monoisotopic (exact) mass is 220 g/mol. The van der Waals surface area contributed by atoms with Gasteiger partial charge in [-0.25, -0.2) is 0 Å². The maximum atomic E-state index is 5.97. The van der Waals surface area contributed by atoms with Crippen LogP contribution in [0.5, 0.6) is 0 Å². The molecule has 0 amide bonds. The van der Waals surface area contributed by atoms with Crippen molar-refractivity contribution in [2.45, 2.75) is 13.0 Å². The maximum Gasteiger partial charge on any atom is 0.0456 e. The summed E-state index contributed by atoms with van der Waals surface area (Å²) in [4.78, 5) is 0. The zero-order valence-corrected chi connectivity index (χ0v) is 9.03. The van der Waals surface area contributed by atoms with Crippen molar-refractivity contribution < 1.29 is 0 Å². The van der Waals surface area contributed by atoms with E-state index < -0.39 is 0 Å². The number of aryl methyl sites for hydroxylation is 1. The van der Waals surface area contributed by atoms with Crippen molar-refractivity contribution in [3.8, 4) is 0 Å². The molecule has 4 heteroatoms. The van der Waals surface area contributed by atoms with Gasteiger partial charge in [0.25, 0.3) is 0 Å². The van der Waals surface area contributed by atoms with Gasteiger partial charge in [0.15, 0.2) is 0 Å². The molecule has 0 aliphatic carbocycles. The highest BCUT2D eigenvalue weighted by Crippen LogP contribution is 2.23. The van der Waals surface area contributed by atoms with E-state index in [0.717, 1.165) is 11.1 Å². The van der Waals surface area contributed by atoms with Crippen LogP contribution in [0.2, 0.25) is 5.02 Å². The summed E-state index contributed by atoms with van der Waals surface area (Å²) >= 11 is 5.97. The smallest absolute Gasteiger partial charge is 0.0456 e. The third-order valence-electron chi connectivity index (χ3n) is 1.90. The van der Waals surface area contributed by atoms with Crippen LogP contribution in [0.15, 0.2) is 18.2 Å². The first-order valence-electron chi connectivity index (χ1n) is 3.87. The summed E-state index contributed by atoms with van der Waals surface area (Å²) in [7, 11) is 0. The van der Waals surface area contributed by atoms with Crippen LogP contribution in [0.3, 0.4) is 0 Å². The summed E-state index contributed by atoms with van der Waals surface area (Å²) in [5.41, 5.74) is 13.3. The quantitative estimate of drug-likeness (QED) is 0.802. The maximum absolute atomic E-state index is 5.97. The molecule has 0 fully saturated rings. The van der Waals surface area contributed by atoms with Gasteiger partial charge in [0.2, 0.25) is 0 Å². The molecule has 1 rings (SSSR count). The highest BCUT2D eigenvalue weighted by molar-refractivity contribution is 6.31. The Morgan fingerprint density at radius 3 is 2.54 bits per heavy atom. The molecule has 4 N–H and O–H groups in total. The lowest BCUT2D eigenvalue weighted by Crippen LogP contribution is -2.21. The molecule has 0 aromatic heterocycles. The van der Waals surface area contributed by atoms with Crippen LogP contribution in [0.1, 0.15) is 17.2 Å². The number of hydrogen-bond acceptors (Lipinski definition) is 2. The Balaban J connectivity index is 0.00000144. The molecular formula is C9H14Cl2N2. The summed E-state index contributed by atoms with van der Waals surface area (Å²) < 4.78 is 0. The fourth-order valence-electron chi connectivity index (χ4n) is 1.23. The van der Waals surface area contributed by atoms with Crippen LogP contribution >= 0.6 is 24.0 Å². The Morgan fingerprint density at radius 1 is 1.46 bits per heavy atom. The molecule has 0 aliphatic heterocycles. The molecule has 0 heterocycles. The van der Waals surface area contributed by atoms with Crippen LogP contribution in [0.4, 0.5) is 0 Å². The second-order valence-electron chi connectivity index (χ2n) is 2.81. The van der Waals surface area contributed by atoms with E-state index >= 15 is 0 Å². The van der Waals surface area contributed by atoms with Crippen molar-refractivity contribution in [2.75, 3.05) is 6.54 Å². The highest BCUT2D eigenvalue weighted by atomic mass is 35.5. The lowest BCUT2D eigenvalue weighted by Gasteiger charge is -2.13. The number of rotatable bonds is 2. The first-order valence-corrected chi connectivity index (χ1v) is 4.25. The topological polar surface area (TPSA) is 52.0 Å². The highest BCUT2D eigenvalue weighted by Gasteiger charge is 2.10. The third kappa shape index (κ3) is 2.85. The molecule has 0 spiro atoms. The van der Waals surface area contributed by atoms with Crippen molar-refractivity contribution in [1.29, 1.82) is 0 Å². The lowest BCUT2D eigenvalue weighted by molar-refractivity contribution is 0.732. The molecule has 1 aromatic carbocycles.